The van der Waals surface area contributed by atoms with E-state index in [0.29, 0.717) is 26.2 Å². The van der Waals surface area contributed by atoms with Gasteiger partial charge in [0.25, 0.3) is 5.89 Å². The summed E-state index contributed by atoms with van der Waals surface area (Å²) in [6.45, 7) is 0. The van der Waals surface area contributed by atoms with Crippen molar-refractivity contribution >= 4 is 39.1 Å². The zero-order valence-corrected chi connectivity index (χ0v) is 9.77. The molecule has 2 aromatic rings. The van der Waals surface area contributed by atoms with Crippen molar-refractivity contribution in [3.63, 3.8) is 0 Å². The number of nitrogens with zero attached hydrogens (tertiary/aromatic N) is 2. The van der Waals surface area contributed by atoms with E-state index in [1.807, 2.05) is 0 Å². The van der Waals surface area contributed by atoms with Crippen LogP contribution >= 0.6 is 39.1 Å². The molecule has 0 atom stereocenters. The monoisotopic (exact) mass is 292 g/mol. The molecule has 0 aliphatic heterocycles. The quantitative estimate of drug-likeness (QED) is 0.802. The molecule has 6 heteroatoms. The van der Waals surface area contributed by atoms with Crippen LogP contribution in [0.5, 0.6) is 0 Å². The molecule has 0 saturated heterocycles. The van der Waals surface area contributed by atoms with Gasteiger partial charge in [0, 0.05) is 0 Å². The summed E-state index contributed by atoms with van der Waals surface area (Å²) in [5, 5.41) is 4.55. The summed E-state index contributed by atoms with van der Waals surface area (Å²) in [5.41, 5.74) is 0.550. The molecule has 0 saturated carbocycles. The van der Waals surface area contributed by atoms with Gasteiger partial charge >= 0.3 is 0 Å². The zero-order chi connectivity index (χ0) is 10.1. The van der Waals surface area contributed by atoms with Crippen molar-refractivity contribution in [2.75, 3.05) is 0 Å². The molecular weight excluding hydrogens is 291 g/mol. The fourth-order valence-corrected chi connectivity index (χ4v) is 1.80. The molecule has 1 aromatic heterocycles. The molecule has 0 radical (unpaired) electrons. The molecule has 0 bridgehead atoms. The number of hydrogen-bond acceptors (Lipinski definition) is 3. The van der Waals surface area contributed by atoms with Crippen LogP contribution < -0.4 is 0 Å². The fraction of sp³-hybridized carbons (Fsp3) is 0. The third-order valence-corrected chi connectivity index (χ3v) is 2.53. The van der Waals surface area contributed by atoms with E-state index in [1.165, 1.54) is 0 Å². The molecule has 0 amide bonds. The summed E-state index contributed by atoms with van der Waals surface area (Å²) in [6.07, 6.45) is 0. The van der Waals surface area contributed by atoms with E-state index in [4.69, 9.17) is 27.7 Å². The number of halogens is 3. The average Bonchev–Trinajstić information content (AvgIpc) is 2.51. The van der Waals surface area contributed by atoms with Gasteiger partial charge in [-0.1, -0.05) is 29.3 Å². The van der Waals surface area contributed by atoms with Crippen LogP contribution in [0.25, 0.3) is 11.5 Å². The summed E-state index contributed by atoms with van der Waals surface area (Å²) in [4.78, 5) is 3.97. The van der Waals surface area contributed by atoms with Crippen molar-refractivity contribution in [3.8, 4) is 11.5 Å². The Morgan fingerprint density at radius 1 is 1.21 bits per heavy atom. The van der Waals surface area contributed by atoms with Gasteiger partial charge in [0.05, 0.1) is 15.6 Å². The van der Waals surface area contributed by atoms with E-state index in [-0.39, 0.29) is 0 Å². The van der Waals surface area contributed by atoms with Crippen LogP contribution in [0, 0.1) is 0 Å². The summed E-state index contributed by atoms with van der Waals surface area (Å²) in [6, 6.07) is 5.17. The minimum atomic E-state index is 0.299. The average molecular weight is 294 g/mol. The maximum atomic E-state index is 5.95. The Morgan fingerprint density at radius 3 is 2.36 bits per heavy atom. The lowest BCUT2D eigenvalue weighted by atomic mass is 10.2. The van der Waals surface area contributed by atoms with Gasteiger partial charge in [-0.3, -0.25) is 0 Å². The number of aromatic nitrogens is 2. The first-order valence-corrected chi connectivity index (χ1v) is 5.17. The Labute approximate surface area is 98.1 Å². The van der Waals surface area contributed by atoms with Crippen molar-refractivity contribution < 1.29 is 4.52 Å². The van der Waals surface area contributed by atoms with Crippen LogP contribution in [0.2, 0.25) is 10.0 Å². The Balaban J connectivity index is 2.61. The fourth-order valence-electron chi connectivity index (χ4n) is 1.01. The van der Waals surface area contributed by atoms with Gasteiger partial charge in [0.15, 0.2) is 0 Å². The van der Waals surface area contributed by atoms with Crippen LogP contribution in [0.1, 0.15) is 0 Å². The van der Waals surface area contributed by atoms with Crippen LogP contribution in [0.4, 0.5) is 0 Å². The van der Waals surface area contributed by atoms with Crippen molar-refractivity contribution in [2.45, 2.75) is 0 Å². The first-order valence-electron chi connectivity index (χ1n) is 3.62. The van der Waals surface area contributed by atoms with Gasteiger partial charge in [-0.05, 0) is 33.2 Å². The zero-order valence-electron chi connectivity index (χ0n) is 6.67. The summed E-state index contributed by atoms with van der Waals surface area (Å²) < 4.78 is 5.30. The van der Waals surface area contributed by atoms with Crippen molar-refractivity contribution in [1.82, 2.24) is 10.1 Å². The van der Waals surface area contributed by atoms with Crippen molar-refractivity contribution in [3.05, 3.63) is 33.0 Å². The minimum Gasteiger partial charge on any atom is -0.333 e. The van der Waals surface area contributed by atoms with Crippen molar-refractivity contribution in [1.29, 1.82) is 0 Å². The molecule has 3 nitrogen and oxygen atoms in total. The first kappa shape index (κ1) is 9.96. The highest BCUT2D eigenvalue weighted by atomic mass is 79.9. The molecule has 14 heavy (non-hydrogen) atoms. The van der Waals surface area contributed by atoms with E-state index in [2.05, 4.69) is 26.1 Å². The second-order valence-corrected chi connectivity index (χ2v) is 3.99. The molecule has 72 valence electrons. The predicted molar refractivity (Wildman–Crippen MR) is 57.5 cm³/mol. The lowest BCUT2D eigenvalue weighted by Gasteiger charge is -1.99. The largest absolute Gasteiger partial charge is 0.333 e. The summed E-state index contributed by atoms with van der Waals surface area (Å²) in [5.74, 6) is 0.299. The minimum absolute atomic E-state index is 0.299. The maximum absolute atomic E-state index is 5.95. The molecule has 1 heterocycles. The molecule has 0 aliphatic carbocycles. The van der Waals surface area contributed by atoms with E-state index >= 15 is 0 Å². The SMILES string of the molecule is Clc1cccc(Cl)c1-c1nc(Br)no1. The second kappa shape index (κ2) is 3.88. The molecular formula is C8H3BrCl2N2O. The first-order chi connectivity index (χ1) is 6.68. The Morgan fingerprint density at radius 2 is 1.86 bits per heavy atom. The van der Waals surface area contributed by atoms with Crippen molar-refractivity contribution in [2.24, 2.45) is 0 Å². The molecule has 0 unspecified atom stereocenters. The third kappa shape index (κ3) is 1.78. The van der Waals surface area contributed by atoms with Crippen LogP contribution in [-0.2, 0) is 0 Å². The lowest BCUT2D eigenvalue weighted by molar-refractivity contribution is 0.426. The lowest BCUT2D eigenvalue weighted by Crippen LogP contribution is -1.80. The Bertz CT molecular complexity index is 452. The summed E-state index contributed by atoms with van der Waals surface area (Å²) in [7, 11) is 0. The van der Waals surface area contributed by atoms with E-state index in [9.17, 15) is 0 Å². The smallest absolute Gasteiger partial charge is 0.261 e. The van der Waals surface area contributed by atoms with E-state index in [0.717, 1.165) is 0 Å². The van der Waals surface area contributed by atoms with Gasteiger partial charge in [0.2, 0.25) is 4.73 Å². The molecule has 1 aromatic carbocycles. The van der Waals surface area contributed by atoms with Crippen LogP contribution in [0.3, 0.4) is 0 Å². The highest BCUT2D eigenvalue weighted by Gasteiger charge is 2.14. The highest BCUT2D eigenvalue weighted by Crippen LogP contribution is 2.33. The Kier molecular flexibility index (Phi) is 2.76. The van der Waals surface area contributed by atoms with Gasteiger partial charge in [-0.15, -0.1) is 0 Å². The highest BCUT2D eigenvalue weighted by molar-refractivity contribution is 9.10. The third-order valence-electron chi connectivity index (χ3n) is 1.58. The predicted octanol–water partition coefficient (Wildman–Crippen LogP) is 3.81. The van der Waals surface area contributed by atoms with Gasteiger partial charge in [-0.2, -0.15) is 4.98 Å². The normalized spacial score (nSPS) is 10.5. The van der Waals surface area contributed by atoms with Gasteiger partial charge in [-0.25, -0.2) is 0 Å². The van der Waals surface area contributed by atoms with Gasteiger partial charge < -0.3 is 4.52 Å². The van der Waals surface area contributed by atoms with Crippen LogP contribution in [-0.4, -0.2) is 10.1 Å². The molecule has 0 aliphatic rings. The van der Waals surface area contributed by atoms with Crippen LogP contribution in [0.15, 0.2) is 27.5 Å². The van der Waals surface area contributed by atoms with E-state index < -0.39 is 0 Å². The molecule has 0 fully saturated rings. The molecule has 0 spiro atoms. The van der Waals surface area contributed by atoms with E-state index in [1.54, 1.807) is 18.2 Å². The Hall–Kier alpha value is -0.580. The number of hydrogen-bond donors (Lipinski definition) is 0. The maximum Gasteiger partial charge on any atom is 0.261 e. The standard InChI is InChI=1S/C8H3BrCl2N2O/c9-8-12-7(14-13-8)6-4(10)2-1-3-5(6)11/h1-3H. The number of benzene rings is 1. The summed E-state index contributed by atoms with van der Waals surface area (Å²) >= 11 is 15.0. The topological polar surface area (TPSA) is 38.9 Å². The van der Waals surface area contributed by atoms with Gasteiger partial charge in [0.1, 0.15) is 0 Å². The molecule has 2 rings (SSSR count). The molecule has 0 N–H and O–H groups in total. The second-order valence-electron chi connectivity index (χ2n) is 2.47. The number of rotatable bonds is 1.